The summed E-state index contributed by atoms with van der Waals surface area (Å²) in [5.41, 5.74) is 3.91. The van der Waals surface area contributed by atoms with Crippen molar-refractivity contribution in [3.63, 3.8) is 0 Å². The van der Waals surface area contributed by atoms with E-state index in [1.54, 1.807) is 24.3 Å². The predicted molar refractivity (Wildman–Crippen MR) is 106 cm³/mol. The number of halogens is 1. The van der Waals surface area contributed by atoms with Gasteiger partial charge in [0.05, 0.1) is 30.4 Å². The van der Waals surface area contributed by atoms with Crippen LogP contribution in [-0.2, 0) is 11.2 Å². The highest BCUT2D eigenvalue weighted by Crippen LogP contribution is 2.37. The summed E-state index contributed by atoms with van der Waals surface area (Å²) in [7, 11) is 0. The molecule has 0 aliphatic heterocycles. The van der Waals surface area contributed by atoms with Gasteiger partial charge in [-0.2, -0.15) is 5.10 Å². The first-order valence-corrected chi connectivity index (χ1v) is 8.99. The summed E-state index contributed by atoms with van der Waals surface area (Å²) in [6.45, 7) is 6.15. The van der Waals surface area contributed by atoms with Gasteiger partial charge in [0.1, 0.15) is 5.75 Å². The second kappa shape index (κ2) is 9.83. The summed E-state index contributed by atoms with van der Waals surface area (Å²) in [5, 5.41) is 13.6. The average Bonchev–Trinajstić information content (AvgIpc) is 2.60. The van der Waals surface area contributed by atoms with Gasteiger partial charge in [-0.15, -0.1) is 0 Å². The van der Waals surface area contributed by atoms with Gasteiger partial charge in [-0.1, -0.05) is 23.7 Å². The van der Waals surface area contributed by atoms with Crippen LogP contribution < -0.4 is 14.9 Å². The Morgan fingerprint density at radius 1 is 1.30 bits per heavy atom. The maximum Gasteiger partial charge on any atom is 0.244 e. The predicted octanol–water partition coefficient (Wildman–Crippen LogP) is 3.92. The van der Waals surface area contributed by atoms with Gasteiger partial charge in [0.25, 0.3) is 0 Å². The zero-order valence-electron chi connectivity index (χ0n) is 15.5. The zero-order chi connectivity index (χ0) is 19.8. The monoisotopic (exact) mass is 390 g/mol. The lowest BCUT2D eigenvalue weighted by Gasteiger charge is -2.16. The van der Waals surface area contributed by atoms with Gasteiger partial charge >= 0.3 is 0 Å². The second-order valence-electron chi connectivity index (χ2n) is 6.07. The molecule has 0 radical (unpaired) electrons. The van der Waals surface area contributed by atoms with E-state index in [0.29, 0.717) is 28.7 Å². The van der Waals surface area contributed by atoms with E-state index in [1.807, 2.05) is 20.8 Å². The van der Waals surface area contributed by atoms with Crippen molar-refractivity contribution >= 4 is 23.7 Å². The van der Waals surface area contributed by atoms with Crippen LogP contribution in [0.3, 0.4) is 0 Å². The summed E-state index contributed by atoms with van der Waals surface area (Å²) in [4.78, 5) is 11.9. The molecule has 144 valence electrons. The van der Waals surface area contributed by atoms with Crippen molar-refractivity contribution in [3.8, 4) is 17.2 Å². The highest BCUT2D eigenvalue weighted by molar-refractivity contribution is 6.32. The van der Waals surface area contributed by atoms with E-state index >= 15 is 0 Å². The number of ether oxygens (including phenoxy) is 2. The smallest absolute Gasteiger partial charge is 0.244 e. The molecule has 7 heteroatoms. The number of benzene rings is 2. The SMILES string of the molecule is CCOc1cc(/C=N\NC(=O)Cc2ccc(O)cc2)cc(Cl)c1OC(C)C. The zero-order valence-corrected chi connectivity index (χ0v) is 16.3. The lowest BCUT2D eigenvalue weighted by atomic mass is 10.1. The van der Waals surface area contributed by atoms with E-state index < -0.39 is 0 Å². The van der Waals surface area contributed by atoms with Gasteiger partial charge in [-0.25, -0.2) is 5.43 Å². The summed E-state index contributed by atoms with van der Waals surface area (Å²) < 4.78 is 11.3. The molecule has 0 saturated carbocycles. The van der Waals surface area contributed by atoms with Crippen molar-refractivity contribution in [1.29, 1.82) is 0 Å². The normalized spacial score (nSPS) is 11.0. The van der Waals surface area contributed by atoms with Crippen molar-refractivity contribution in [3.05, 3.63) is 52.5 Å². The van der Waals surface area contributed by atoms with Gasteiger partial charge < -0.3 is 14.6 Å². The van der Waals surface area contributed by atoms with Gasteiger partial charge in [-0.3, -0.25) is 4.79 Å². The van der Waals surface area contributed by atoms with Crippen LogP contribution in [-0.4, -0.2) is 29.9 Å². The van der Waals surface area contributed by atoms with Gasteiger partial charge in [0.2, 0.25) is 5.91 Å². The van der Waals surface area contributed by atoms with Crippen LogP contribution in [0.2, 0.25) is 5.02 Å². The maximum absolute atomic E-state index is 11.9. The minimum atomic E-state index is -0.271. The molecule has 2 aromatic carbocycles. The number of hydrazone groups is 1. The first kappa shape index (κ1) is 20.6. The molecular formula is C20H23ClN2O4. The van der Waals surface area contributed by atoms with E-state index in [4.69, 9.17) is 21.1 Å². The van der Waals surface area contributed by atoms with E-state index in [2.05, 4.69) is 10.5 Å². The molecule has 0 aliphatic rings. The van der Waals surface area contributed by atoms with E-state index in [0.717, 1.165) is 5.56 Å². The Morgan fingerprint density at radius 3 is 2.63 bits per heavy atom. The Hall–Kier alpha value is -2.73. The molecule has 1 amide bonds. The summed E-state index contributed by atoms with van der Waals surface area (Å²) >= 11 is 6.30. The minimum Gasteiger partial charge on any atom is -0.508 e. The van der Waals surface area contributed by atoms with Crippen LogP contribution in [0.15, 0.2) is 41.5 Å². The van der Waals surface area contributed by atoms with E-state index in [-0.39, 0.29) is 24.2 Å². The fourth-order valence-electron chi connectivity index (χ4n) is 2.29. The number of nitrogens with one attached hydrogen (secondary N) is 1. The molecule has 0 fully saturated rings. The molecule has 0 unspecified atom stereocenters. The minimum absolute atomic E-state index is 0.0413. The molecule has 27 heavy (non-hydrogen) atoms. The van der Waals surface area contributed by atoms with Crippen LogP contribution in [0.1, 0.15) is 31.9 Å². The number of amides is 1. The fraction of sp³-hybridized carbons (Fsp3) is 0.300. The Bertz CT molecular complexity index is 804. The summed E-state index contributed by atoms with van der Waals surface area (Å²) in [6.07, 6.45) is 1.60. The fourth-order valence-corrected chi connectivity index (χ4v) is 2.56. The van der Waals surface area contributed by atoms with Crippen LogP contribution in [0.5, 0.6) is 17.2 Å². The van der Waals surface area contributed by atoms with Crippen molar-refractivity contribution in [2.45, 2.75) is 33.3 Å². The third kappa shape index (κ3) is 6.49. The number of phenolic OH excluding ortho intramolecular Hbond substituents is 1. The highest BCUT2D eigenvalue weighted by atomic mass is 35.5. The topological polar surface area (TPSA) is 80.2 Å². The number of hydrogen-bond donors (Lipinski definition) is 2. The first-order valence-electron chi connectivity index (χ1n) is 8.61. The van der Waals surface area contributed by atoms with Crippen LogP contribution in [0.4, 0.5) is 0 Å². The van der Waals surface area contributed by atoms with Crippen molar-refractivity contribution in [1.82, 2.24) is 5.43 Å². The molecule has 0 atom stereocenters. The molecule has 2 rings (SSSR count). The summed E-state index contributed by atoms with van der Waals surface area (Å²) in [6, 6.07) is 9.87. The largest absolute Gasteiger partial charge is 0.508 e. The van der Waals surface area contributed by atoms with Crippen molar-refractivity contribution in [2.24, 2.45) is 5.10 Å². The molecule has 0 saturated heterocycles. The Kier molecular flexibility index (Phi) is 7.49. The molecule has 0 aliphatic carbocycles. The number of phenols is 1. The summed E-state index contributed by atoms with van der Waals surface area (Å²) in [5.74, 6) is 0.898. The third-order valence-electron chi connectivity index (χ3n) is 3.39. The highest BCUT2D eigenvalue weighted by Gasteiger charge is 2.13. The van der Waals surface area contributed by atoms with E-state index in [9.17, 15) is 9.90 Å². The van der Waals surface area contributed by atoms with Crippen LogP contribution in [0.25, 0.3) is 0 Å². The molecule has 0 heterocycles. The average molecular weight is 391 g/mol. The van der Waals surface area contributed by atoms with Gasteiger partial charge in [-0.05, 0) is 56.2 Å². The second-order valence-corrected chi connectivity index (χ2v) is 6.47. The molecule has 0 spiro atoms. The number of carbonyl (C=O) groups is 1. The molecule has 0 bridgehead atoms. The molecule has 2 N–H and O–H groups in total. The quantitative estimate of drug-likeness (QED) is 0.528. The number of carbonyl (C=O) groups excluding carboxylic acids is 1. The van der Waals surface area contributed by atoms with Crippen LogP contribution in [0, 0.1) is 0 Å². The Labute approximate surface area is 163 Å². The standard InChI is InChI=1S/C20H23ClN2O4/c1-4-26-18-10-15(9-17(21)20(18)27-13(2)3)12-22-23-19(25)11-14-5-7-16(24)8-6-14/h5-10,12-13,24H,4,11H2,1-3H3,(H,23,25)/b22-12-. The number of hydrogen-bond acceptors (Lipinski definition) is 5. The molecule has 0 aromatic heterocycles. The molecule has 2 aromatic rings. The van der Waals surface area contributed by atoms with Crippen LogP contribution >= 0.6 is 11.6 Å². The first-order chi connectivity index (χ1) is 12.9. The molecule has 6 nitrogen and oxygen atoms in total. The Morgan fingerprint density at radius 2 is 2.00 bits per heavy atom. The lowest BCUT2D eigenvalue weighted by Crippen LogP contribution is -2.19. The van der Waals surface area contributed by atoms with Gasteiger partial charge in [0, 0.05) is 0 Å². The van der Waals surface area contributed by atoms with Crippen molar-refractivity contribution < 1.29 is 19.4 Å². The maximum atomic E-state index is 11.9. The Balaban J connectivity index is 2.04. The molecular weight excluding hydrogens is 368 g/mol. The number of rotatable bonds is 8. The van der Waals surface area contributed by atoms with Crippen molar-refractivity contribution in [2.75, 3.05) is 6.61 Å². The third-order valence-corrected chi connectivity index (χ3v) is 3.67. The number of nitrogens with zero attached hydrogens (tertiary/aromatic N) is 1. The van der Waals surface area contributed by atoms with Gasteiger partial charge in [0.15, 0.2) is 11.5 Å². The van der Waals surface area contributed by atoms with E-state index in [1.165, 1.54) is 18.3 Å². The number of aromatic hydroxyl groups is 1. The lowest BCUT2D eigenvalue weighted by molar-refractivity contribution is -0.120.